The van der Waals surface area contributed by atoms with Crippen molar-refractivity contribution >= 4 is 21.6 Å². The number of hydrogen-bond donors (Lipinski definition) is 1. The van der Waals surface area contributed by atoms with Crippen molar-refractivity contribution in [3.05, 3.63) is 46.7 Å². The zero-order chi connectivity index (χ0) is 12.3. The van der Waals surface area contributed by atoms with Crippen molar-refractivity contribution in [2.75, 3.05) is 5.32 Å². The third-order valence-corrected chi connectivity index (χ3v) is 3.22. The van der Waals surface area contributed by atoms with Crippen molar-refractivity contribution in [1.29, 1.82) is 0 Å². The van der Waals surface area contributed by atoms with Crippen LogP contribution in [0.15, 0.2) is 41.0 Å². The quantitative estimate of drug-likeness (QED) is 0.928. The van der Waals surface area contributed by atoms with Gasteiger partial charge in [0, 0.05) is 22.4 Å². The number of anilines is 1. The van der Waals surface area contributed by atoms with Gasteiger partial charge in [0.15, 0.2) is 0 Å². The van der Waals surface area contributed by atoms with Crippen molar-refractivity contribution in [3.8, 4) is 0 Å². The molecule has 0 saturated heterocycles. The smallest absolute Gasteiger partial charge is 0.0815 e. The van der Waals surface area contributed by atoms with E-state index in [1.54, 1.807) is 0 Å². The van der Waals surface area contributed by atoms with Crippen LogP contribution in [0.25, 0.3) is 0 Å². The average molecular weight is 294 g/mol. The predicted octanol–water partition coefficient (Wildman–Crippen LogP) is 3.84. The summed E-state index contributed by atoms with van der Waals surface area (Å²) >= 11 is 3.51. The summed E-state index contributed by atoms with van der Waals surface area (Å²) in [5.74, 6) is 0. The summed E-state index contributed by atoms with van der Waals surface area (Å²) < 4.78 is 3.04. The van der Waals surface area contributed by atoms with E-state index in [1.807, 2.05) is 41.2 Å². The van der Waals surface area contributed by atoms with Crippen LogP contribution in [0.1, 0.15) is 25.6 Å². The summed E-state index contributed by atoms with van der Waals surface area (Å²) in [7, 11) is 0. The molecule has 0 bridgehead atoms. The van der Waals surface area contributed by atoms with Crippen molar-refractivity contribution < 1.29 is 0 Å². The second kappa shape index (κ2) is 5.36. The lowest BCUT2D eigenvalue weighted by molar-refractivity contribution is 0.527. The monoisotopic (exact) mass is 293 g/mol. The molecule has 17 heavy (non-hydrogen) atoms. The van der Waals surface area contributed by atoms with Crippen LogP contribution >= 0.6 is 15.9 Å². The normalized spacial score (nSPS) is 10.8. The number of aromatic nitrogens is 2. The first-order chi connectivity index (χ1) is 8.16. The minimum absolute atomic E-state index is 0.409. The minimum atomic E-state index is 0.409. The molecule has 1 aromatic carbocycles. The summed E-state index contributed by atoms with van der Waals surface area (Å²) in [6.45, 7) is 4.98. The van der Waals surface area contributed by atoms with Crippen LogP contribution in [0.4, 0.5) is 5.69 Å². The molecule has 3 nitrogen and oxygen atoms in total. The summed E-state index contributed by atoms with van der Waals surface area (Å²) in [6.07, 6.45) is 2.02. The molecule has 2 aromatic rings. The van der Waals surface area contributed by atoms with Crippen LogP contribution in [-0.2, 0) is 6.54 Å². The van der Waals surface area contributed by atoms with E-state index in [0.717, 1.165) is 22.4 Å². The molecule has 0 fully saturated rings. The third kappa shape index (κ3) is 3.09. The minimum Gasteiger partial charge on any atom is -0.378 e. The number of nitrogens with zero attached hydrogens (tertiary/aromatic N) is 2. The number of para-hydroxylation sites is 1. The van der Waals surface area contributed by atoms with Gasteiger partial charge in [-0.15, -0.1) is 0 Å². The molecule has 0 aliphatic carbocycles. The van der Waals surface area contributed by atoms with Crippen molar-refractivity contribution in [1.82, 2.24) is 9.78 Å². The molecule has 0 spiro atoms. The average Bonchev–Trinajstić information content (AvgIpc) is 2.77. The fourth-order valence-corrected chi connectivity index (χ4v) is 1.97. The van der Waals surface area contributed by atoms with Crippen LogP contribution < -0.4 is 5.32 Å². The van der Waals surface area contributed by atoms with Crippen LogP contribution in [0.3, 0.4) is 0 Å². The van der Waals surface area contributed by atoms with E-state index in [2.05, 4.69) is 40.2 Å². The number of benzene rings is 1. The fraction of sp³-hybridized carbons (Fsp3) is 0.308. The highest BCUT2D eigenvalue weighted by atomic mass is 79.9. The molecule has 1 N–H and O–H groups in total. The Morgan fingerprint density at radius 3 is 2.71 bits per heavy atom. The van der Waals surface area contributed by atoms with Gasteiger partial charge in [0.2, 0.25) is 0 Å². The lowest BCUT2D eigenvalue weighted by Crippen LogP contribution is -2.04. The second-order valence-corrected chi connectivity index (χ2v) is 5.07. The third-order valence-electron chi connectivity index (χ3n) is 2.53. The van der Waals surface area contributed by atoms with Gasteiger partial charge >= 0.3 is 0 Å². The Hall–Kier alpha value is -1.29. The molecular formula is C13H16BrN3. The maximum Gasteiger partial charge on any atom is 0.0815 e. The molecule has 0 aliphatic rings. The topological polar surface area (TPSA) is 29.9 Å². The highest BCUT2D eigenvalue weighted by Gasteiger charge is 2.02. The highest BCUT2D eigenvalue weighted by molar-refractivity contribution is 9.10. The summed E-state index contributed by atoms with van der Waals surface area (Å²) in [5.41, 5.74) is 2.14. The number of hydrogen-bond acceptors (Lipinski definition) is 2. The first kappa shape index (κ1) is 12.2. The molecule has 0 saturated carbocycles. The zero-order valence-corrected chi connectivity index (χ0v) is 11.6. The summed E-state index contributed by atoms with van der Waals surface area (Å²) in [5, 5.41) is 7.85. The molecule has 0 aliphatic heterocycles. The molecule has 0 atom stereocenters. The van der Waals surface area contributed by atoms with Gasteiger partial charge in [0.05, 0.1) is 12.2 Å². The van der Waals surface area contributed by atoms with Crippen LogP contribution in [0, 0.1) is 0 Å². The lowest BCUT2D eigenvalue weighted by Gasteiger charge is -2.07. The van der Waals surface area contributed by atoms with E-state index in [1.165, 1.54) is 0 Å². The van der Waals surface area contributed by atoms with Crippen molar-refractivity contribution in [2.45, 2.75) is 26.4 Å². The molecule has 0 radical (unpaired) electrons. The Balaban J connectivity index is 2.00. The molecule has 2 rings (SSSR count). The van der Waals surface area contributed by atoms with Gasteiger partial charge in [-0.25, -0.2) is 0 Å². The maximum absolute atomic E-state index is 4.49. The molecular weight excluding hydrogens is 278 g/mol. The predicted molar refractivity (Wildman–Crippen MR) is 74.1 cm³/mol. The van der Waals surface area contributed by atoms with Crippen LogP contribution in [0.5, 0.6) is 0 Å². The summed E-state index contributed by atoms with van der Waals surface area (Å²) in [6, 6.07) is 10.5. The van der Waals surface area contributed by atoms with Gasteiger partial charge in [-0.05, 0) is 48.0 Å². The standard InChI is InChI=1S/C13H16BrN3/c1-10(2)17-8-7-11(16-17)9-15-13-6-4-3-5-12(13)14/h3-8,10,15H,9H2,1-2H3. The second-order valence-electron chi connectivity index (χ2n) is 4.21. The molecule has 0 amide bonds. The van der Waals surface area contributed by atoms with Gasteiger partial charge in [0.1, 0.15) is 0 Å². The van der Waals surface area contributed by atoms with Crippen LogP contribution in [0.2, 0.25) is 0 Å². The Kier molecular flexibility index (Phi) is 3.84. The molecule has 1 aromatic heterocycles. The first-order valence-electron chi connectivity index (χ1n) is 5.69. The SMILES string of the molecule is CC(C)n1ccc(CNc2ccccc2Br)n1. The van der Waals surface area contributed by atoms with E-state index in [0.29, 0.717) is 6.04 Å². The van der Waals surface area contributed by atoms with Gasteiger partial charge in [0.25, 0.3) is 0 Å². The van der Waals surface area contributed by atoms with Crippen molar-refractivity contribution in [2.24, 2.45) is 0 Å². The highest BCUT2D eigenvalue weighted by Crippen LogP contribution is 2.21. The Labute approximate surface area is 110 Å². The molecule has 0 unspecified atom stereocenters. The number of halogens is 1. The van der Waals surface area contributed by atoms with Gasteiger partial charge in [-0.2, -0.15) is 5.10 Å². The van der Waals surface area contributed by atoms with Gasteiger partial charge in [-0.1, -0.05) is 12.1 Å². The Morgan fingerprint density at radius 2 is 2.06 bits per heavy atom. The van der Waals surface area contributed by atoms with E-state index in [4.69, 9.17) is 0 Å². The Morgan fingerprint density at radius 1 is 1.29 bits per heavy atom. The molecule has 90 valence electrons. The van der Waals surface area contributed by atoms with Gasteiger partial charge < -0.3 is 5.32 Å². The summed E-state index contributed by atoms with van der Waals surface area (Å²) in [4.78, 5) is 0. The van der Waals surface area contributed by atoms with Gasteiger partial charge in [-0.3, -0.25) is 4.68 Å². The molecule has 1 heterocycles. The zero-order valence-electron chi connectivity index (χ0n) is 10.0. The van der Waals surface area contributed by atoms with E-state index >= 15 is 0 Å². The van der Waals surface area contributed by atoms with E-state index in [-0.39, 0.29) is 0 Å². The number of nitrogens with one attached hydrogen (secondary N) is 1. The number of rotatable bonds is 4. The fourth-order valence-electron chi connectivity index (χ4n) is 1.55. The van der Waals surface area contributed by atoms with Crippen LogP contribution in [-0.4, -0.2) is 9.78 Å². The Bertz CT molecular complexity index is 491. The van der Waals surface area contributed by atoms with E-state index in [9.17, 15) is 0 Å². The van der Waals surface area contributed by atoms with E-state index < -0.39 is 0 Å². The van der Waals surface area contributed by atoms with Crippen molar-refractivity contribution in [3.63, 3.8) is 0 Å². The molecule has 4 heteroatoms. The lowest BCUT2D eigenvalue weighted by atomic mass is 10.3. The maximum atomic E-state index is 4.49. The first-order valence-corrected chi connectivity index (χ1v) is 6.48. The largest absolute Gasteiger partial charge is 0.378 e.